The zero-order chi connectivity index (χ0) is 39.8. The quantitative estimate of drug-likeness (QED) is 0.134. The van der Waals surface area contributed by atoms with Gasteiger partial charge in [-0.2, -0.15) is 0 Å². The van der Waals surface area contributed by atoms with Gasteiger partial charge in [0.15, 0.2) is 0 Å². The first kappa shape index (κ1) is 37.2. The van der Waals surface area contributed by atoms with Crippen LogP contribution in [0.4, 0.5) is 17.1 Å². The van der Waals surface area contributed by atoms with Gasteiger partial charge in [0.2, 0.25) is 0 Å². The monoisotopic (exact) mass is 757 g/mol. The second kappa shape index (κ2) is 14.0. The van der Waals surface area contributed by atoms with Crippen LogP contribution in [-0.2, 0) is 22.7 Å². The third kappa shape index (κ3) is 6.03. The number of hydrogen-bond donors (Lipinski definition) is 0. The molecule has 4 fully saturated rings. The summed E-state index contributed by atoms with van der Waals surface area (Å²) in [7, 11) is 0. The van der Waals surface area contributed by atoms with Crippen LogP contribution in [0.3, 0.4) is 0 Å². The molecule has 6 aromatic carbocycles. The van der Waals surface area contributed by atoms with Crippen molar-refractivity contribution in [2.75, 3.05) is 4.90 Å². The highest BCUT2D eigenvalue weighted by Crippen LogP contribution is 2.66. The van der Waals surface area contributed by atoms with Crippen LogP contribution in [0.15, 0.2) is 134 Å². The number of rotatable bonds is 10. The molecule has 0 heterocycles. The van der Waals surface area contributed by atoms with E-state index in [1.165, 1.54) is 124 Å². The van der Waals surface area contributed by atoms with E-state index in [0.29, 0.717) is 5.41 Å². The maximum atomic E-state index is 4.02. The van der Waals surface area contributed by atoms with Crippen LogP contribution >= 0.6 is 0 Å². The Balaban J connectivity index is 1.02. The number of aryl methyl sites for hydroxylation is 3. The van der Waals surface area contributed by atoms with Gasteiger partial charge in [0.05, 0.1) is 0 Å². The van der Waals surface area contributed by atoms with Crippen molar-refractivity contribution in [3.05, 3.63) is 178 Å². The standard InChI is InChI=1S/C57H59N/c1-7-9-12-41-17-24-47(25-18-41)58(54-30-38(3)51(29-39(54)4)44-19-28-50-49-13-10-11-14-52(49)55(5,6)53(50)32-44)48-26-22-46(23-27-48)57-35-42-31-43(36-57)34-56(33-42,37-57)45-20-15-40(8-2)16-21-45/h8,10-11,13-30,32,42-43H,2,7,9,12,31,33-37H2,1,3-6H3. The van der Waals surface area contributed by atoms with E-state index in [9.17, 15) is 0 Å². The molecular weight excluding hydrogens is 699 g/mol. The third-order valence-corrected chi connectivity index (χ3v) is 15.2. The lowest BCUT2D eigenvalue weighted by Crippen LogP contribution is -2.55. The average molecular weight is 758 g/mol. The predicted octanol–water partition coefficient (Wildman–Crippen LogP) is 15.5. The van der Waals surface area contributed by atoms with Crippen molar-refractivity contribution in [1.82, 2.24) is 0 Å². The Kier molecular flexibility index (Phi) is 8.97. The fraction of sp³-hybridized carbons (Fsp3) is 0.333. The van der Waals surface area contributed by atoms with Crippen molar-refractivity contribution in [3.63, 3.8) is 0 Å². The van der Waals surface area contributed by atoms with Gasteiger partial charge in [0.1, 0.15) is 0 Å². The number of nitrogens with zero attached hydrogens (tertiary/aromatic N) is 1. The van der Waals surface area contributed by atoms with Crippen LogP contribution in [0.2, 0.25) is 0 Å². The maximum Gasteiger partial charge on any atom is 0.0493 e. The van der Waals surface area contributed by atoms with Gasteiger partial charge >= 0.3 is 0 Å². The van der Waals surface area contributed by atoms with E-state index in [0.717, 1.165) is 18.3 Å². The van der Waals surface area contributed by atoms with Gasteiger partial charge in [-0.25, -0.2) is 0 Å². The minimum Gasteiger partial charge on any atom is -0.310 e. The van der Waals surface area contributed by atoms with Crippen LogP contribution in [0.25, 0.3) is 28.3 Å². The first-order chi connectivity index (χ1) is 28.1. The van der Waals surface area contributed by atoms with Gasteiger partial charge in [0, 0.05) is 22.5 Å². The molecule has 11 rings (SSSR count). The third-order valence-electron chi connectivity index (χ3n) is 15.2. The van der Waals surface area contributed by atoms with Crippen molar-refractivity contribution >= 4 is 23.1 Å². The van der Waals surface area contributed by atoms with Crippen molar-refractivity contribution < 1.29 is 0 Å². The maximum absolute atomic E-state index is 4.02. The highest BCUT2D eigenvalue weighted by Gasteiger charge is 2.58. The zero-order valence-corrected chi connectivity index (χ0v) is 35.4. The summed E-state index contributed by atoms with van der Waals surface area (Å²) < 4.78 is 0. The summed E-state index contributed by atoms with van der Waals surface area (Å²) in [6, 6.07) is 49.7. The Morgan fingerprint density at radius 2 is 1.24 bits per heavy atom. The van der Waals surface area contributed by atoms with Crippen LogP contribution in [-0.4, -0.2) is 0 Å². The molecule has 0 amide bonds. The number of anilines is 3. The average Bonchev–Trinajstić information content (AvgIpc) is 3.46. The van der Waals surface area contributed by atoms with E-state index in [1.54, 1.807) is 11.1 Å². The van der Waals surface area contributed by atoms with Crippen LogP contribution in [0.5, 0.6) is 0 Å². The topological polar surface area (TPSA) is 3.24 Å². The molecule has 4 bridgehead atoms. The lowest BCUT2D eigenvalue weighted by atomic mass is 9.42. The molecule has 5 aliphatic carbocycles. The first-order valence-electron chi connectivity index (χ1n) is 22.2. The molecule has 0 spiro atoms. The van der Waals surface area contributed by atoms with Gasteiger partial charge in [-0.05, 0) is 197 Å². The largest absolute Gasteiger partial charge is 0.310 e. The molecule has 2 unspecified atom stereocenters. The summed E-state index contributed by atoms with van der Waals surface area (Å²) in [5.41, 5.74) is 20.8. The molecule has 58 heavy (non-hydrogen) atoms. The van der Waals surface area contributed by atoms with Crippen LogP contribution in [0, 0.1) is 25.7 Å². The summed E-state index contributed by atoms with van der Waals surface area (Å²) in [4.78, 5) is 2.52. The van der Waals surface area contributed by atoms with Crippen molar-refractivity contribution in [2.45, 2.75) is 109 Å². The SMILES string of the molecule is C=Cc1ccc(C23CC4CC(C2)CC(c2ccc(N(c5ccc(CCCC)cc5)c5cc(C)c(-c6ccc7c(c6)C(C)(C)c6ccccc6-7)cc5C)cc2)(C4)C3)cc1. The number of fused-ring (bicyclic) bond motifs is 3. The molecule has 0 aromatic heterocycles. The molecule has 2 atom stereocenters. The molecule has 4 saturated carbocycles. The molecule has 0 radical (unpaired) electrons. The van der Waals surface area contributed by atoms with Crippen molar-refractivity contribution in [1.29, 1.82) is 0 Å². The summed E-state index contributed by atoms with van der Waals surface area (Å²) in [5.74, 6) is 1.64. The number of benzene rings is 6. The Labute approximate surface area is 347 Å². The Bertz CT molecular complexity index is 2500. The molecule has 5 aliphatic rings. The zero-order valence-electron chi connectivity index (χ0n) is 35.4. The fourth-order valence-electron chi connectivity index (χ4n) is 12.7. The second-order valence-corrected chi connectivity index (χ2v) is 19.4. The molecule has 292 valence electrons. The first-order valence-corrected chi connectivity index (χ1v) is 22.2. The fourth-order valence-corrected chi connectivity index (χ4v) is 12.7. The highest BCUT2D eigenvalue weighted by molar-refractivity contribution is 5.86. The summed E-state index contributed by atoms with van der Waals surface area (Å²) in [5, 5.41) is 0. The van der Waals surface area contributed by atoms with Gasteiger partial charge in [0.25, 0.3) is 0 Å². The molecule has 6 aromatic rings. The molecule has 0 N–H and O–H groups in total. The smallest absolute Gasteiger partial charge is 0.0493 e. The number of hydrogen-bond acceptors (Lipinski definition) is 1. The van der Waals surface area contributed by atoms with E-state index in [4.69, 9.17) is 0 Å². The normalized spacial score (nSPS) is 23.4. The van der Waals surface area contributed by atoms with Gasteiger partial charge < -0.3 is 4.90 Å². The Hall–Kier alpha value is -5.14. The summed E-state index contributed by atoms with van der Waals surface area (Å²) >= 11 is 0. The Morgan fingerprint density at radius 3 is 1.88 bits per heavy atom. The molecule has 1 nitrogen and oxygen atoms in total. The minimum atomic E-state index is -0.0230. The summed E-state index contributed by atoms with van der Waals surface area (Å²) in [6.45, 7) is 15.7. The molecule has 0 saturated heterocycles. The lowest BCUT2D eigenvalue weighted by molar-refractivity contribution is -0.0281. The predicted molar refractivity (Wildman–Crippen MR) is 247 cm³/mol. The van der Waals surface area contributed by atoms with Crippen LogP contribution in [0.1, 0.15) is 117 Å². The summed E-state index contributed by atoms with van der Waals surface area (Å²) in [6.07, 6.45) is 13.6. The van der Waals surface area contributed by atoms with E-state index >= 15 is 0 Å². The molecule has 1 heteroatoms. The van der Waals surface area contributed by atoms with E-state index in [-0.39, 0.29) is 10.8 Å². The Morgan fingerprint density at radius 1 is 0.638 bits per heavy atom. The number of unbranched alkanes of at least 4 members (excludes halogenated alkanes) is 1. The van der Waals surface area contributed by atoms with Crippen molar-refractivity contribution in [2.24, 2.45) is 11.8 Å². The van der Waals surface area contributed by atoms with Crippen LogP contribution < -0.4 is 4.90 Å². The minimum absolute atomic E-state index is 0.0230. The van der Waals surface area contributed by atoms with E-state index in [2.05, 4.69) is 173 Å². The molecule has 0 aliphatic heterocycles. The van der Waals surface area contributed by atoms with Gasteiger partial charge in [-0.3, -0.25) is 0 Å². The molecular formula is C57H59N. The highest BCUT2D eigenvalue weighted by atomic mass is 15.1. The van der Waals surface area contributed by atoms with Gasteiger partial charge in [-0.15, -0.1) is 0 Å². The van der Waals surface area contributed by atoms with E-state index in [1.807, 2.05) is 6.08 Å². The van der Waals surface area contributed by atoms with Crippen molar-refractivity contribution in [3.8, 4) is 22.3 Å². The lowest BCUT2D eigenvalue weighted by Gasteiger charge is -2.63. The van der Waals surface area contributed by atoms with E-state index < -0.39 is 0 Å². The van der Waals surface area contributed by atoms with Gasteiger partial charge in [-0.1, -0.05) is 125 Å². The second-order valence-electron chi connectivity index (χ2n) is 19.4.